The molecule has 0 spiro atoms. The number of carbonyl (C=O) groups excluding carboxylic acids is 1. The highest BCUT2D eigenvalue weighted by Gasteiger charge is 2.23. The topological polar surface area (TPSA) is 77.0 Å². The lowest BCUT2D eigenvalue weighted by atomic mass is 9.93. The lowest BCUT2D eigenvalue weighted by molar-refractivity contribution is 0.0734. The van der Waals surface area contributed by atoms with Gasteiger partial charge in [0.1, 0.15) is 0 Å². The molecule has 118 valence electrons. The van der Waals surface area contributed by atoms with Crippen LogP contribution >= 0.6 is 0 Å². The Morgan fingerprint density at radius 3 is 2.55 bits per heavy atom. The summed E-state index contributed by atoms with van der Waals surface area (Å²) in [5, 5.41) is 8.01. The number of rotatable bonds is 5. The largest absolute Gasteiger partial charge is 0.340 e. The van der Waals surface area contributed by atoms with Gasteiger partial charge < -0.3 is 10.6 Å². The predicted molar refractivity (Wildman–Crippen MR) is 85.9 cm³/mol. The van der Waals surface area contributed by atoms with Gasteiger partial charge in [0.05, 0.1) is 11.9 Å². The smallest absolute Gasteiger partial charge is 0.275 e. The summed E-state index contributed by atoms with van der Waals surface area (Å²) >= 11 is 0. The van der Waals surface area contributed by atoms with Crippen molar-refractivity contribution in [3.05, 3.63) is 41.7 Å². The van der Waals surface area contributed by atoms with Crippen LogP contribution in [0, 0.1) is 12.3 Å². The number of aryl methyl sites for hydroxylation is 1. The van der Waals surface area contributed by atoms with Gasteiger partial charge in [0.15, 0.2) is 5.69 Å². The number of carbonyl (C=O) groups is 1. The van der Waals surface area contributed by atoms with Crippen LogP contribution in [0.4, 0.5) is 0 Å². The lowest BCUT2D eigenvalue weighted by Crippen LogP contribution is -2.39. The Hall–Kier alpha value is -2.21. The number of nitrogens with two attached hydrogens (primary N) is 1. The molecule has 0 radical (unpaired) electrons. The van der Waals surface area contributed by atoms with Crippen molar-refractivity contribution in [3.8, 4) is 5.69 Å². The molecule has 0 atom stereocenters. The lowest BCUT2D eigenvalue weighted by Gasteiger charge is -2.28. The van der Waals surface area contributed by atoms with E-state index in [2.05, 4.69) is 10.3 Å². The van der Waals surface area contributed by atoms with E-state index in [1.165, 1.54) is 5.56 Å². The van der Waals surface area contributed by atoms with E-state index in [-0.39, 0.29) is 11.3 Å². The van der Waals surface area contributed by atoms with Gasteiger partial charge in [0.2, 0.25) is 0 Å². The van der Waals surface area contributed by atoms with Crippen LogP contribution in [0.25, 0.3) is 5.69 Å². The first kappa shape index (κ1) is 16.2. The summed E-state index contributed by atoms with van der Waals surface area (Å²) in [5.41, 5.74) is 7.96. The summed E-state index contributed by atoms with van der Waals surface area (Å²) in [6.07, 6.45) is 1.65. The van der Waals surface area contributed by atoms with Gasteiger partial charge in [0, 0.05) is 13.6 Å². The maximum atomic E-state index is 12.4. The van der Waals surface area contributed by atoms with Crippen molar-refractivity contribution >= 4 is 5.91 Å². The molecule has 1 aromatic heterocycles. The van der Waals surface area contributed by atoms with Crippen molar-refractivity contribution in [2.45, 2.75) is 20.8 Å². The summed E-state index contributed by atoms with van der Waals surface area (Å²) < 4.78 is 1.61. The fraction of sp³-hybridized carbons (Fsp3) is 0.438. The number of amides is 1. The van der Waals surface area contributed by atoms with E-state index in [1.54, 1.807) is 22.8 Å². The number of aromatic nitrogens is 3. The van der Waals surface area contributed by atoms with Gasteiger partial charge in [-0.15, -0.1) is 5.10 Å². The molecule has 0 bridgehead atoms. The third-order valence-electron chi connectivity index (χ3n) is 3.58. The number of hydrogen-bond acceptors (Lipinski definition) is 4. The van der Waals surface area contributed by atoms with E-state index in [0.29, 0.717) is 18.8 Å². The quantitative estimate of drug-likeness (QED) is 0.910. The number of hydrogen-bond donors (Lipinski definition) is 1. The van der Waals surface area contributed by atoms with E-state index in [0.717, 1.165) is 5.69 Å². The van der Waals surface area contributed by atoms with Crippen LogP contribution in [0.15, 0.2) is 30.5 Å². The summed E-state index contributed by atoms with van der Waals surface area (Å²) in [6, 6.07) is 7.88. The minimum Gasteiger partial charge on any atom is -0.340 e. The fourth-order valence-electron chi connectivity index (χ4n) is 2.16. The van der Waals surface area contributed by atoms with E-state index >= 15 is 0 Å². The highest BCUT2D eigenvalue weighted by molar-refractivity contribution is 5.91. The van der Waals surface area contributed by atoms with Crippen LogP contribution in [-0.2, 0) is 0 Å². The monoisotopic (exact) mass is 301 g/mol. The molecular weight excluding hydrogens is 278 g/mol. The molecule has 0 aliphatic heterocycles. The molecule has 2 N–H and O–H groups in total. The molecule has 22 heavy (non-hydrogen) atoms. The maximum absolute atomic E-state index is 12.4. The minimum atomic E-state index is -0.153. The van der Waals surface area contributed by atoms with Crippen molar-refractivity contribution in [1.29, 1.82) is 0 Å². The molecule has 0 saturated carbocycles. The van der Waals surface area contributed by atoms with Gasteiger partial charge in [-0.25, -0.2) is 4.68 Å². The molecule has 1 heterocycles. The maximum Gasteiger partial charge on any atom is 0.275 e. The van der Waals surface area contributed by atoms with E-state index in [1.807, 2.05) is 45.0 Å². The van der Waals surface area contributed by atoms with Gasteiger partial charge in [-0.1, -0.05) is 36.8 Å². The Labute approximate surface area is 130 Å². The molecule has 2 aromatic rings. The van der Waals surface area contributed by atoms with E-state index in [9.17, 15) is 4.79 Å². The normalized spacial score (nSPS) is 11.5. The van der Waals surface area contributed by atoms with Crippen LogP contribution in [0.1, 0.15) is 29.9 Å². The number of nitrogens with zero attached hydrogens (tertiary/aromatic N) is 4. The van der Waals surface area contributed by atoms with Crippen molar-refractivity contribution in [2.75, 3.05) is 20.1 Å². The van der Waals surface area contributed by atoms with Crippen LogP contribution in [-0.4, -0.2) is 45.9 Å². The summed E-state index contributed by atoms with van der Waals surface area (Å²) in [4.78, 5) is 14.0. The molecule has 0 fully saturated rings. The van der Waals surface area contributed by atoms with Crippen molar-refractivity contribution in [2.24, 2.45) is 11.1 Å². The van der Waals surface area contributed by atoms with Crippen LogP contribution in [0.3, 0.4) is 0 Å². The van der Waals surface area contributed by atoms with Gasteiger partial charge >= 0.3 is 0 Å². The molecular formula is C16H23N5O. The second-order valence-electron chi connectivity index (χ2n) is 6.41. The number of benzene rings is 1. The van der Waals surface area contributed by atoms with Crippen LogP contribution in [0.2, 0.25) is 0 Å². The zero-order chi connectivity index (χ0) is 16.3. The first-order chi connectivity index (χ1) is 10.3. The van der Waals surface area contributed by atoms with Gasteiger partial charge in [-0.2, -0.15) is 0 Å². The molecule has 1 aromatic carbocycles. The zero-order valence-corrected chi connectivity index (χ0v) is 13.6. The second kappa shape index (κ2) is 6.27. The van der Waals surface area contributed by atoms with Crippen molar-refractivity contribution in [3.63, 3.8) is 0 Å². The van der Waals surface area contributed by atoms with Crippen molar-refractivity contribution in [1.82, 2.24) is 19.9 Å². The van der Waals surface area contributed by atoms with Gasteiger partial charge in [0.25, 0.3) is 5.91 Å². The third-order valence-corrected chi connectivity index (χ3v) is 3.58. The van der Waals surface area contributed by atoms with Gasteiger partial charge in [-0.05, 0) is 31.0 Å². The van der Waals surface area contributed by atoms with Crippen LogP contribution < -0.4 is 5.73 Å². The summed E-state index contributed by atoms with van der Waals surface area (Å²) in [7, 11) is 1.75. The SMILES string of the molecule is Cc1ccc(-n2cc(C(=O)N(C)CC(C)(C)CN)nn2)cc1. The molecule has 0 aliphatic rings. The molecule has 6 nitrogen and oxygen atoms in total. The van der Waals surface area contributed by atoms with E-state index in [4.69, 9.17) is 5.73 Å². The summed E-state index contributed by atoms with van der Waals surface area (Å²) in [6.45, 7) is 7.16. The zero-order valence-electron chi connectivity index (χ0n) is 13.6. The minimum absolute atomic E-state index is 0.128. The molecule has 6 heteroatoms. The average molecular weight is 301 g/mol. The van der Waals surface area contributed by atoms with Crippen molar-refractivity contribution < 1.29 is 4.79 Å². The Kier molecular flexibility index (Phi) is 4.61. The Morgan fingerprint density at radius 1 is 1.32 bits per heavy atom. The Balaban J connectivity index is 2.13. The fourth-order valence-corrected chi connectivity index (χ4v) is 2.16. The molecule has 0 saturated heterocycles. The average Bonchev–Trinajstić information content (AvgIpc) is 2.96. The predicted octanol–water partition coefficient (Wildman–Crippen LogP) is 1.63. The molecule has 0 unspecified atom stereocenters. The molecule has 2 rings (SSSR count). The second-order valence-corrected chi connectivity index (χ2v) is 6.41. The molecule has 0 aliphatic carbocycles. The molecule has 1 amide bonds. The highest BCUT2D eigenvalue weighted by atomic mass is 16.2. The van der Waals surface area contributed by atoms with Crippen LogP contribution in [0.5, 0.6) is 0 Å². The first-order valence-electron chi connectivity index (χ1n) is 7.27. The third kappa shape index (κ3) is 3.71. The van der Waals surface area contributed by atoms with E-state index < -0.39 is 0 Å². The Morgan fingerprint density at radius 2 is 1.95 bits per heavy atom. The summed E-state index contributed by atoms with van der Waals surface area (Å²) in [5.74, 6) is -0.153. The standard InChI is InChI=1S/C16H23N5O/c1-12-5-7-13(8-6-12)21-9-14(18-19-21)15(22)20(4)11-16(2,3)10-17/h5-9H,10-11,17H2,1-4H3. The first-order valence-corrected chi connectivity index (χ1v) is 7.27. The highest BCUT2D eigenvalue weighted by Crippen LogP contribution is 2.15. The Bertz CT molecular complexity index is 645. The van der Waals surface area contributed by atoms with Gasteiger partial charge in [-0.3, -0.25) is 4.79 Å².